The summed E-state index contributed by atoms with van der Waals surface area (Å²) < 4.78 is 5.18. The number of rotatable bonds is 9. The van der Waals surface area contributed by atoms with Crippen LogP contribution in [0, 0.1) is 10.1 Å². The molecule has 5 nitrogen and oxygen atoms in total. The SMILES string of the molecule is CCC(CC)N(CCOC)c1ccc([N+](=O)[O-])c(CCl)c1. The summed E-state index contributed by atoms with van der Waals surface area (Å²) in [5, 5.41) is 11.0. The van der Waals surface area contributed by atoms with Crippen molar-refractivity contribution in [1.29, 1.82) is 0 Å². The first kappa shape index (κ1) is 17.7. The van der Waals surface area contributed by atoms with Gasteiger partial charge in [-0.05, 0) is 25.0 Å². The van der Waals surface area contributed by atoms with E-state index in [1.54, 1.807) is 13.2 Å². The Hall–Kier alpha value is -1.33. The van der Waals surface area contributed by atoms with E-state index in [0.29, 0.717) is 18.2 Å². The van der Waals surface area contributed by atoms with Crippen molar-refractivity contribution in [3.8, 4) is 0 Å². The molecule has 0 unspecified atom stereocenters. The lowest BCUT2D eigenvalue weighted by atomic mass is 10.1. The van der Waals surface area contributed by atoms with Crippen LogP contribution in [-0.2, 0) is 10.6 Å². The van der Waals surface area contributed by atoms with E-state index in [1.807, 2.05) is 6.07 Å². The Morgan fingerprint density at radius 2 is 2.05 bits per heavy atom. The third-order valence-corrected chi connectivity index (χ3v) is 3.94. The van der Waals surface area contributed by atoms with Crippen LogP contribution >= 0.6 is 11.6 Å². The molecule has 0 saturated heterocycles. The Labute approximate surface area is 131 Å². The van der Waals surface area contributed by atoms with Crippen molar-refractivity contribution >= 4 is 23.0 Å². The van der Waals surface area contributed by atoms with Gasteiger partial charge in [-0.1, -0.05) is 13.8 Å². The van der Waals surface area contributed by atoms with Crippen LogP contribution in [0.15, 0.2) is 18.2 Å². The second-order valence-corrected chi connectivity index (χ2v) is 5.13. The van der Waals surface area contributed by atoms with Gasteiger partial charge in [-0.25, -0.2) is 0 Å². The number of nitro benzene ring substituents is 1. The van der Waals surface area contributed by atoms with Gasteiger partial charge < -0.3 is 9.64 Å². The summed E-state index contributed by atoms with van der Waals surface area (Å²) in [6.07, 6.45) is 2.01. The number of methoxy groups -OCH3 is 1. The predicted octanol–water partition coefficient (Wildman–Crippen LogP) is 3.98. The number of hydrogen-bond acceptors (Lipinski definition) is 4. The molecular formula is C15H23ClN2O3. The number of nitrogens with zero attached hydrogens (tertiary/aromatic N) is 2. The van der Waals surface area contributed by atoms with Gasteiger partial charge in [0.05, 0.1) is 17.4 Å². The van der Waals surface area contributed by atoms with Crippen LogP contribution < -0.4 is 4.90 Å². The van der Waals surface area contributed by atoms with E-state index in [4.69, 9.17) is 16.3 Å². The standard InChI is InChI=1S/C15H23ClN2O3/c1-4-13(5-2)17(8-9-21-3)14-6-7-15(18(19)20)12(10-14)11-16/h6-7,10,13H,4-5,8-9,11H2,1-3H3. The zero-order valence-corrected chi connectivity index (χ0v) is 13.6. The number of ether oxygens (including phenoxy) is 1. The summed E-state index contributed by atoms with van der Waals surface area (Å²) in [6, 6.07) is 5.53. The van der Waals surface area contributed by atoms with E-state index in [1.165, 1.54) is 6.07 Å². The van der Waals surface area contributed by atoms with Crippen molar-refractivity contribution in [3.63, 3.8) is 0 Å². The molecule has 6 heteroatoms. The van der Waals surface area contributed by atoms with Crippen LogP contribution in [0.3, 0.4) is 0 Å². The molecule has 0 bridgehead atoms. The Morgan fingerprint density at radius 1 is 1.38 bits per heavy atom. The van der Waals surface area contributed by atoms with Crippen molar-refractivity contribution in [2.24, 2.45) is 0 Å². The molecule has 0 amide bonds. The summed E-state index contributed by atoms with van der Waals surface area (Å²) in [5.74, 6) is 0.130. The molecule has 1 aromatic carbocycles. The fourth-order valence-electron chi connectivity index (χ4n) is 2.48. The molecule has 1 rings (SSSR count). The van der Waals surface area contributed by atoms with Gasteiger partial charge in [0.15, 0.2) is 0 Å². The van der Waals surface area contributed by atoms with Crippen molar-refractivity contribution in [2.45, 2.75) is 38.6 Å². The van der Waals surface area contributed by atoms with Gasteiger partial charge in [0.2, 0.25) is 0 Å². The summed E-state index contributed by atoms with van der Waals surface area (Å²) in [6.45, 7) is 5.65. The van der Waals surface area contributed by atoms with Crippen molar-refractivity contribution in [3.05, 3.63) is 33.9 Å². The molecule has 21 heavy (non-hydrogen) atoms. The molecular weight excluding hydrogens is 292 g/mol. The van der Waals surface area contributed by atoms with Crippen LogP contribution in [-0.4, -0.2) is 31.2 Å². The van der Waals surface area contributed by atoms with Crippen LogP contribution in [0.4, 0.5) is 11.4 Å². The molecule has 0 atom stereocenters. The number of benzene rings is 1. The lowest BCUT2D eigenvalue weighted by Gasteiger charge is -2.32. The van der Waals surface area contributed by atoms with Crippen molar-refractivity contribution < 1.29 is 9.66 Å². The molecule has 0 N–H and O–H groups in total. The lowest BCUT2D eigenvalue weighted by Crippen LogP contribution is -2.37. The van der Waals surface area contributed by atoms with E-state index >= 15 is 0 Å². The third kappa shape index (κ3) is 4.58. The maximum Gasteiger partial charge on any atom is 0.273 e. The second kappa shape index (κ2) is 8.85. The number of hydrogen-bond donors (Lipinski definition) is 0. The predicted molar refractivity (Wildman–Crippen MR) is 86.2 cm³/mol. The molecule has 0 spiro atoms. The highest BCUT2D eigenvalue weighted by Crippen LogP contribution is 2.28. The topological polar surface area (TPSA) is 55.6 Å². The zero-order valence-electron chi connectivity index (χ0n) is 12.8. The van der Waals surface area contributed by atoms with Gasteiger partial charge in [-0.3, -0.25) is 10.1 Å². The average Bonchev–Trinajstić information content (AvgIpc) is 2.50. The second-order valence-electron chi connectivity index (χ2n) is 4.86. The highest BCUT2D eigenvalue weighted by atomic mass is 35.5. The summed E-state index contributed by atoms with van der Waals surface area (Å²) in [4.78, 5) is 12.8. The van der Waals surface area contributed by atoms with Crippen LogP contribution in [0.2, 0.25) is 0 Å². The minimum Gasteiger partial charge on any atom is -0.383 e. The summed E-state index contributed by atoms with van der Waals surface area (Å²) >= 11 is 5.86. The smallest absolute Gasteiger partial charge is 0.273 e. The molecule has 0 aliphatic rings. The molecule has 0 aromatic heterocycles. The van der Waals surface area contributed by atoms with Gasteiger partial charge in [-0.15, -0.1) is 11.6 Å². The van der Waals surface area contributed by atoms with E-state index in [0.717, 1.165) is 25.1 Å². The van der Waals surface area contributed by atoms with E-state index in [9.17, 15) is 10.1 Å². The first-order valence-electron chi connectivity index (χ1n) is 7.17. The molecule has 0 fully saturated rings. The van der Waals surface area contributed by atoms with Crippen molar-refractivity contribution in [2.75, 3.05) is 25.2 Å². The Bertz CT molecular complexity index is 464. The van der Waals surface area contributed by atoms with Crippen LogP contribution in [0.5, 0.6) is 0 Å². The number of anilines is 1. The highest BCUT2D eigenvalue weighted by Gasteiger charge is 2.19. The van der Waals surface area contributed by atoms with Gasteiger partial charge in [-0.2, -0.15) is 0 Å². The molecule has 0 aliphatic heterocycles. The monoisotopic (exact) mass is 314 g/mol. The number of halogens is 1. The quantitative estimate of drug-likeness (QED) is 0.393. The Balaban J connectivity index is 3.14. The largest absolute Gasteiger partial charge is 0.383 e. The normalized spacial score (nSPS) is 10.9. The maximum atomic E-state index is 11.0. The van der Waals surface area contributed by atoms with Gasteiger partial charge in [0.25, 0.3) is 5.69 Å². The Morgan fingerprint density at radius 3 is 2.52 bits per heavy atom. The first-order valence-corrected chi connectivity index (χ1v) is 7.71. The van der Waals surface area contributed by atoms with Gasteiger partial charge >= 0.3 is 0 Å². The number of alkyl halides is 1. The van der Waals surface area contributed by atoms with Crippen molar-refractivity contribution in [1.82, 2.24) is 0 Å². The Kier molecular flexibility index (Phi) is 7.47. The molecule has 0 radical (unpaired) electrons. The molecule has 0 saturated carbocycles. The number of nitro groups is 1. The average molecular weight is 315 g/mol. The molecule has 118 valence electrons. The fourth-order valence-corrected chi connectivity index (χ4v) is 2.69. The fraction of sp³-hybridized carbons (Fsp3) is 0.600. The van der Waals surface area contributed by atoms with Gasteiger partial charge in [0, 0.05) is 37.0 Å². The minimum absolute atomic E-state index is 0.0741. The van der Waals surface area contributed by atoms with Gasteiger partial charge in [0.1, 0.15) is 0 Å². The molecule has 1 aromatic rings. The first-order chi connectivity index (χ1) is 10.1. The maximum absolute atomic E-state index is 11.0. The summed E-state index contributed by atoms with van der Waals surface area (Å²) in [7, 11) is 1.67. The minimum atomic E-state index is -0.391. The lowest BCUT2D eigenvalue weighted by molar-refractivity contribution is -0.385. The van der Waals surface area contributed by atoms with Crippen LogP contribution in [0.1, 0.15) is 32.3 Å². The van der Waals surface area contributed by atoms with Crippen LogP contribution in [0.25, 0.3) is 0 Å². The highest BCUT2D eigenvalue weighted by molar-refractivity contribution is 6.17. The summed E-state index contributed by atoms with van der Waals surface area (Å²) in [5.41, 5.74) is 1.58. The molecule has 0 aliphatic carbocycles. The zero-order chi connectivity index (χ0) is 15.8. The third-order valence-electron chi connectivity index (χ3n) is 3.65. The van der Waals surface area contributed by atoms with E-state index in [2.05, 4.69) is 18.7 Å². The van der Waals surface area contributed by atoms with E-state index in [-0.39, 0.29) is 11.6 Å². The molecule has 0 heterocycles. The van der Waals surface area contributed by atoms with E-state index < -0.39 is 4.92 Å².